The van der Waals surface area contributed by atoms with Gasteiger partial charge in [-0.2, -0.15) is 5.26 Å². The Bertz CT molecular complexity index is 276. The fraction of sp³-hybridized carbons (Fsp3) is 0.364. The van der Waals surface area contributed by atoms with Gasteiger partial charge in [0.05, 0.1) is 18.6 Å². The Morgan fingerprint density at radius 1 is 1.38 bits per heavy atom. The van der Waals surface area contributed by atoms with Gasteiger partial charge in [-0.15, -0.1) is 0 Å². The van der Waals surface area contributed by atoms with Crippen LogP contribution in [0, 0.1) is 17.2 Å². The molecule has 0 aromatic heterocycles. The summed E-state index contributed by atoms with van der Waals surface area (Å²) in [5.74, 6) is -0.0348. The number of nitrogens with zero attached hydrogens (tertiary/aromatic N) is 1. The minimum Gasteiger partial charge on any atom is -0.383 e. The summed E-state index contributed by atoms with van der Waals surface area (Å²) in [6.45, 7) is 0.505. The molecule has 0 heterocycles. The lowest BCUT2D eigenvalue weighted by atomic mass is 10.0. The second-order valence-electron chi connectivity index (χ2n) is 2.97. The molecule has 68 valence electrons. The third kappa shape index (κ3) is 3.27. The number of nitriles is 1. The lowest BCUT2D eigenvalue weighted by molar-refractivity contribution is 0.172. The summed E-state index contributed by atoms with van der Waals surface area (Å²) in [6, 6.07) is 12.2. The molecule has 0 amide bonds. The van der Waals surface area contributed by atoms with Crippen LogP contribution in [0.5, 0.6) is 0 Å². The Balaban J connectivity index is 2.53. The van der Waals surface area contributed by atoms with Crippen molar-refractivity contribution in [3.63, 3.8) is 0 Å². The fourth-order valence-corrected chi connectivity index (χ4v) is 1.24. The Morgan fingerprint density at radius 3 is 2.62 bits per heavy atom. The number of methoxy groups -OCH3 is 1. The average molecular weight is 175 g/mol. The highest BCUT2D eigenvalue weighted by Gasteiger charge is 2.06. The van der Waals surface area contributed by atoms with Crippen LogP contribution in [-0.2, 0) is 11.2 Å². The fourth-order valence-electron chi connectivity index (χ4n) is 1.24. The average Bonchev–Trinajstić information content (AvgIpc) is 2.19. The van der Waals surface area contributed by atoms with Crippen molar-refractivity contribution in [2.24, 2.45) is 5.92 Å². The number of hydrogen-bond donors (Lipinski definition) is 0. The molecule has 1 aromatic carbocycles. The molecule has 0 unspecified atom stereocenters. The van der Waals surface area contributed by atoms with E-state index in [2.05, 4.69) is 6.07 Å². The van der Waals surface area contributed by atoms with E-state index >= 15 is 0 Å². The molecule has 0 aliphatic heterocycles. The molecule has 0 radical (unpaired) electrons. The molecule has 13 heavy (non-hydrogen) atoms. The number of rotatable bonds is 4. The zero-order valence-corrected chi connectivity index (χ0v) is 7.73. The maximum Gasteiger partial charge on any atom is 0.0737 e. The first-order valence-corrected chi connectivity index (χ1v) is 4.29. The molecule has 0 aliphatic rings. The maximum absolute atomic E-state index is 8.79. The van der Waals surface area contributed by atoms with E-state index in [9.17, 15) is 0 Å². The Labute approximate surface area is 78.8 Å². The van der Waals surface area contributed by atoms with Crippen LogP contribution < -0.4 is 0 Å². The molecule has 2 nitrogen and oxygen atoms in total. The van der Waals surface area contributed by atoms with Crippen molar-refractivity contribution in [1.82, 2.24) is 0 Å². The van der Waals surface area contributed by atoms with E-state index < -0.39 is 0 Å². The van der Waals surface area contributed by atoms with Crippen molar-refractivity contribution in [1.29, 1.82) is 5.26 Å². The summed E-state index contributed by atoms with van der Waals surface area (Å²) in [6.07, 6.45) is 0.769. The normalized spacial score (nSPS) is 12.0. The van der Waals surface area contributed by atoms with E-state index in [1.807, 2.05) is 30.3 Å². The van der Waals surface area contributed by atoms with Crippen molar-refractivity contribution in [2.75, 3.05) is 13.7 Å². The van der Waals surface area contributed by atoms with Crippen LogP contribution in [0.15, 0.2) is 30.3 Å². The van der Waals surface area contributed by atoms with Crippen molar-refractivity contribution >= 4 is 0 Å². The van der Waals surface area contributed by atoms with Gasteiger partial charge in [-0.05, 0) is 12.0 Å². The van der Waals surface area contributed by atoms with Gasteiger partial charge in [0.1, 0.15) is 0 Å². The molecular formula is C11H13NO. The number of benzene rings is 1. The molecule has 0 aliphatic carbocycles. The molecule has 0 saturated carbocycles. The highest BCUT2D eigenvalue weighted by Crippen LogP contribution is 2.07. The third-order valence-electron chi connectivity index (χ3n) is 1.88. The summed E-state index contributed by atoms with van der Waals surface area (Å²) in [7, 11) is 1.62. The number of hydrogen-bond acceptors (Lipinski definition) is 2. The van der Waals surface area contributed by atoms with Gasteiger partial charge in [0, 0.05) is 7.11 Å². The lowest BCUT2D eigenvalue weighted by Crippen LogP contribution is -2.08. The summed E-state index contributed by atoms with van der Waals surface area (Å²) in [5, 5.41) is 8.79. The highest BCUT2D eigenvalue weighted by molar-refractivity contribution is 5.16. The quantitative estimate of drug-likeness (QED) is 0.701. The smallest absolute Gasteiger partial charge is 0.0737 e. The van der Waals surface area contributed by atoms with Gasteiger partial charge < -0.3 is 4.74 Å². The predicted octanol–water partition coefficient (Wildman–Crippen LogP) is 2.02. The van der Waals surface area contributed by atoms with Crippen LogP contribution in [-0.4, -0.2) is 13.7 Å². The van der Waals surface area contributed by atoms with E-state index in [1.165, 1.54) is 5.56 Å². The first-order valence-electron chi connectivity index (χ1n) is 4.29. The monoisotopic (exact) mass is 175 g/mol. The van der Waals surface area contributed by atoms with Gasteiger partial charge in [0.15, 0.2) is 0 Å². The van der Waals surface area contributed by atoms with Gasteiger partial charge >= 0.3 is 0 Å². The largest absolute Gasteiger partial charge is 0.383 e. The Morgan fingerprint density at radius 2 is 2.08 bits per heavy atom. The SMILES string of the molecule is COC[C@H](C#N)Cc1ccccc1. The standard InChI is InChI=1S/C11H13NO/c1-13-9-11(8-12)7-10-5-3-2-4-6-10/h2-6,11H,7,9H2,1H3/t11-/m0/s1. The van der Waals surface area contributed by atoms with Gasteiger partial charge in [0.2, 0.25) is 0 Å². The third-order valence-corrected chi connectivity index (χ3v) is 1.88. The van der Waals surface area contributed by atoms with Crippen LogP contribution in [0.3, 0.4) is 0 Å². The van der Waals surface area contributed by atoms with Gasteiger partial charge in [0.25, 0.3) is 0 Å². The number of ether oxygens (including phenoxy) is 1. The van der Waals surface area contributed by atoms with Crippen molar-refractivity contribution in [2.45, 2.75) is 6.42 Å². The molecule has 1 atom stereocenters. The minimum atomic E-state index is -0.0348. The van der Waals surface area contributed by atoms with E-state index in [1.54, 1.807) is 7.11 Å². The van der Waals surface area contributed by atoms with Crippen molar-refractivity contribution in [3.05, 3.63) is 35.9 Å². The lowest BCUT2D eigenvalue weighted by Gasteiger charge is -2.06. The Kier molecular flexibility index (Phi) is 4.01. The van der Waals surface area contributed by atoms with Crippen molar-refractivity contribution in [3.8, 4) is 6.07 Å². The highest BCUT2D eigenvalue weighted by atomic mass is 16.5. The first-order chi connectivity index (χ1) is 6.36. The van der Waals surface area contributed by atoms with Crippen LogP contribution in [0.4, 0.5) is 0 Å². The molecule has 0 N–H and O–H groups in total. The zero-order chi connectivity index (χ0) is 9.52. The van der Waals surface area contributed by atoms with E-state index in [0.717, 1.165) is 6.42 Å². The molecule has 0 bridgehead atoms. The molecule has 0 fully saturated rings. The maximum atomic E-state index is 8.79. The summed E-state index contributed by atoms with van der Waals surface area (Å²) in [5.41, 5.74) is 1.19. The molecular weight excluding hydrogens is 162 g/mol. The van der Waals surface area contributed by atoms with Crippen LogP contribution in [0.2, 0.25) is 0 Å². The molecule has 0 saturated heterocycles. The van der Waals surface area contributed by atoms with E-state index in [-0.39, 0.29) is 5.92 Å². The topological polar surface area (TPSA) is 33.0 Å². The summed E-state index contributed by atoms with van der Waals surface area (Å²) >= 11 is 0. The first kappa shape index (κ1) is 9.76. The molecule has 2 heteroatoms. The van der Waals surface area contributed by atoms with E-state index in [0.29, 0.717) is 6.61 Å². The second-order valence-corrected chi connectivity index (χ2v) is 2.97. The summed E-state index contributed by atoms with van der Waals surface area (Å²) in [4.78, 5) is 0. The molecule has 1 rings (SSSR count). The van der Waals surface area contributed by atoms with Crippen LogP contribution in [0.1, 0.15) is 5.56 Å². The minimum absolute atomic E-state index is 0.0348. The Hall–Kier alpha value is -1.33. The molecule has 1 aromatic rings. The molecule has 0 spiro atoms. The van der Waals surface area contributed by atoms with E-state index in [4.69, 9.17) is 10.00 Å². The van der Waals surface area contributed by atoms with Gasteiger partial charge in [-0.1, -0.05) is 30.3 Å². The second kappa shape index (κ2) is 5.34. The van der Waals surface area contributed by atoms with Crippen molar-refractivity contribution < 1.29 is 4.74 Å². The zero-order valence-electron chi connectivity index (χ0n) is 7.73. The predicted molar refractivity (Wildman–Crippen MR) is 51.1 cm³/mol. The van der Waals surface area contributed by atoms with Crippen LogP contribution in [0.25, 0.3) is 0 Å². The van der Waals surface area contributed by atoms with Gasteiger partial charge in [-0.3, -0.25) is 0 Å². The van der Waals surface area contributed by atoms with Gasteiger partial charge in [-0.25, -0.2) is 0 Å². The van der Waals surface area contributed by atoms with Crippen LogP contribution >= 0.6 is 0 Å². The summed E-state index contributed by atoms with van der Waals surface area (Å²) < 4.78 is 4.94.